The lowest BCUT2D eigenvalue weighted by atomic mass is 10.0. The van der Waals surface area contributed by atoms with Crippen molar-refractivity contribution in [2.75, 3.05) is 23.3 Å². The average Bonchev–Trinajstić information content (AvgIpc) is 3.10. The molecule has 2 aromatic heterocycles. The number of carbonyl (C=O) groups excluding carboxylic acids is 1. The van der Waals surface area contributed by atoms with Crippen molar-refractivity contribution in [1.29, 1.82) is 5.26 Å². The maximum Gasteiger partial charge on any atom is 0.325 e. The van der Waals surface area contributed by atoms with Crippen LogP contribution in [0.1, 0.15) is 5.56 Å². The molecule has 4 rings (SSSR count). The summed E-state index contributed by atoms with van der Waals surface area (Å²) in [5, 5.41) is 17.1. The van der Waals surface area contributed by atoms with E-state index in [1.807, 2.05) is 11.1 Å². The Morgan fingerprint density at radius 2 is 1.94 bits per heavy atom. The molecule has 0 bridgehead atoms. The number of aromatic nitrogens is 4. The van der Waals surface area contributed by atoms with Crippen LogP contribution in [0.5, 0.6) is 0 Å². The van der Waals surface area contributed by atoms with Gasteiger partial charge in [-0.05, 0) is 30.3 Å². The van der Waals surface area contributed by atoms with Gasteiger partial charge in [0.25, 0.3) is 17.0 Å². The minimum absolute atomic E-state index is 0.0594. The number of carbonyl (C=O) groups is 1. The minimum atomic E-state index is -3.46. The van der Waals surface area contributed by atoms with Crippen LogP contribution in [0.4, 0.5) is 20.2 Å². The first-order valence-electron chi connectivity index (χ1n) is 9.54. The Balaban J connectivity index is 1.60. The molecular weight excluding hydrogens is 440 g/mol. The van der Waals surface area contributed by atoms with Crippen molar-refractivity contribution in [2.24, 2.45) is 5.92 Å². The molecule has 1 atom stereocenters. The number of rotatable bonds is 4. The van der Waals surface area contributed by atoms with Crippen LogP contribution in [0, 0.1) is 17.2 Å². The predicted molar refractivity (Wildman–Crippen MR) is 112 cm³/mol. The number of anilines is 2. The predicted octanol–water partition coefficient (Wildman–Crippen LogP) is 0.395. The molecule has 0 unspecified atom stereocenters. The van der Waals surface area contributed by atoms with E-state index in [9.17, 15) is 28.0 Å². The van der Waals surface area contributed by atoms with E-state index in [1.165, 1.54) is 24.3 Å². The van der Waals surface area contributed by atoms with Crippen LogP contribution in [0.3, 0.4) is 0 Å². The van der Waals surface area contributed by atoms with Gasteiger partial charge in [-0.25, -0.2) is 18.7 Å². The lowest BCUT2D eigenvalue weighted by molar-refractivity contribution is -0.128. The van der Waals surface area contributed by atoms with E-state index < -0.39 is 47.6 Å². The number of hydrogen-bond acceptors (Lipinski definition) is 7. The van der Waals surface area contributed by atoms with E-state index in [4.69, 9.17) is 5.26 Å². The molecule has 3 aromatic rings. The highest BCUT2D eigenvalue weighted by atomic mass is 19.3. The SMILES string of the molecule is N#Cc1ccc(NC(=O)[C@H]2CN(c3cc(-c4c[nH]c(=O)[nH]c4=O)n[nH]c3=O)CC2(F)F)cc1. The van der Waals surface area contributed by atoms with Gasteiger partial charge in [0.1, 0.15) is 11.6 Å². The number of aromatic amines is 3. The van der Waals surface area contributed by atoms with Crippen molar-refractivity contribution >= 4 is 17.3 Å². The van der Waals surface area contributed by atoms with Crippen molar-refractivity contribution in [3.63, 3.8) is 0 Å². The third-order valence-corrected chi connectivity index (χ3v) is 5.13. The smallest absolute Gasteiger partial charge is 0.325 e. The summed E-state index contributed by atoms with van der Waals surface area (Å²) >= 11 is 0. The molecule has 1 aromatic carbocycles. The molecule has 1 amide bonds. The van der Waals surface area contributed by atoms with Crippen molar-refractivity contribution in [2.45, 2.75) is 5.92 Å². The summed E-state index contributed by atoms with van der Waals surface area (Å²) in [7, 11) is 0. The molecule has 1 aliphatic heterocycles. The van der Waals surface area contributed by atoms with E-state index in [-0.39, 0.29) is 22.6 Å². The highest BCUT2D eigenvalue weighted by Crippen LogP contribution is 2.36. The Bertz CT molecular complexity index is 1440. The summed E-state index contributed by atoms with van der Waals surface area (Å²) in [6, 6.07) is 8.76. The molecule has 1 saturated heterocycles. The highest BCUT2D eigenvalue weighted by molar-refractivity contribution is 5.94. The van der Waals surface area contributed by atoms with Gasteiger partial charge in [0.2, 0.25) is 5.91 Å². The molecule has 0 aliphatic carbocycles. The fraction of sp³-hybridized carbons (Fsp3) is 0.200. The second-order valence-corrected chi connectivity index (χ2v) is 7.33. The number of halogens is 2. The van der Waals surface area contributed by atoms with Crippen LogP contribution in [-0.4, -0.2) is 45.1 Å². The van der Waals surface area contributed by atoms with Crippen molar-refractivity contribution in [1.82, 2.24) is 20.2 Å². The van der Waals surface area contributed by atoms with Crippen LogP contribution >= 0.6 is 0 Å². The zero-order chi connectivity index (χ0) is 23.8. The number of H-pyrrole nitrogens is 3. The van der Waals surface area contributed by atoms with Gasteiger partial charge in [-0.1, -0.05) is 0 Å². The average molecular weight is 455 g/mol. The van der Waals surface area contributed by atoms with Crippen LogP contribution < -0.4 is 27.0 Å². The lowest BCUT2D eigenvalue weighted by Crippen LogP contribution is -2.36. The Hall–Kier alpha value is -4.60. The summed E-state index contributed by atoms with van der Waals surface area (Å²) in [4.78, 5) is 53.4. The van der Waals surface area contributed by atoms with Gasteiger partial charge in [0, 0.05) is 18.4 Å². The Morgan fingerprint density at radius 3 is 2.61 bits per heavy atom. The molecule has 0 radical (unpaired) electrons. The molecule has 11 nitrogen and oxygen atoms in total. The number of benzene rings is 1. The molecule has 1 aliphatic rings. The maximum absolute atomic E-state index is 14.7. The number of nitrogens with one attached hydrogen (secondary N) is 4. The van der Waals surface area contributed by atoms with Gasteiger partial charge >= 0.3 is 5.69 Å². The second kappa shape index (κ2) is 8.15. The van der Waals surface area contributed by atoms with Crippen LogP contribution in [-0.2, 0) is 4.79 Å². The normalized spacial score (nSPS) is 16.9. The van der Waals surface area contributed by atoms with Crippen LogP contribution in [0.25, 0.3) is 11.3 Å². The first-order valence-corrected chi connectivity index (χ1v) is 9.54. The van der Waals surface area contributed by atoms with Gasteiger partial charge in [0.05, 0.1) is 29.4 Å². The number of amides is 1. The fourth-order valence-corrected chi connectivity index (χ4v) is 3.47. The number of hydrogen-bond donors (Lipinski definition) is 4. The first-order chi connectivity index (χ1) is 15.7. The summed E-state index contributed by atoms with van der Waals surface area (Å²) < 4.78 is 29.4. The minimum Gasteiger partial charge on any atom is -0.360 e. The van der Waals surface area contributed by atoms with E-state index in [2.05, 4.69) is 20.5 Å². The molecular formula is C20H15F2N7O4. The first kappa shape index (κ1) is 21.6. The quantitative estimate of drug-likeness (QED) is 0.441. The van der Waals surface area contributed by atoms with Gasteiger partial charge < -0.3 is 15.2 Å². The number of nitrogens with zero attached hydrogens (tertiary/aromatic N) is 3. The summed E-state index contributed by atoms with van der Waals surface area (Å²) in [5.74, 6) is -6.17. The molecule has 33 heavy (non-hydrogen) atoms. The van der Waals surface area contributed by atoms with E-state index >= 15 is 0 Å². The third-order valence-electron chi connectivity index (χ3n) is 5.13. The van der Waals surface area contributed by atoms with E-state index in [0.717, 1.165) is 17.2 Å². The van der Waals surface area contributed by atoms with Crippen molar-refractivity contribution in [3.8, 4) is 17.3 Å². The highest BCUT2D eigenvalue weighted by Gasteiger charge is 2.52. The third kappa shape index (κ3) is 4.26. The second-order valence-electron chi connectivity index (χ2n) is 7.33. The molecule has 3 heterocycles. The summed E-state index contributed by atoms with van der Waals surface area (Å²) in [6.07, 6.45) is 1.08. The van der Waals surface area contributed by atoms with E-state index in [1.54, 1.807) is 0 Å². The maximum atomic E-state index is 14.7. The Kier molecular flexibility index (Phi) is 5.34. The zero-order valence-electron chi connectivity index (χ0n) is 16.7. The Labute approximate surface area is 182 Å². The molecule has 168 valence electrons. The van der Waals surface area contributed by atoms with Gasteiger partial charge in [-0.3, -0.25) is 19.4 Å². The van der Waals surface area contributed by atoms with Crippen molar-refractivity contribution in [3.05, 3.63) is 73.3 Å². The van der Waals surface area contributed by atoms with Gasteiger partial charge in [-0.2, -0.15) is 10.4 Å². The van der Waals surface area contributed by atoms with Crippen LogP contribution in [0.2, 0.25) is 0 Å². The molecule has 1 fully saturated rings. The lowest BCUT2D eigenvalue weighted by Gasteiger charge is -2.17. The van der Waals surface area contributed by atoms with Crippen molar-refractivity contribution < 1.29 is 13.6 Å². The Morgan fingerprint density at radius 1 is 1.21 bits per heavy atom. The summed E-state index contributed by atoms with van der Waals surface area (Å²) in [5.41, 5.74) is -2.08. The van der Waals surface area contributed by atoms with E-state index in [0.29, 0.717) is 5.56 Å². The fourth-order valence-electron chi connectivity index (χ4n) is 3.47. The largest absolute Gasteiger partial charge is 0.360 e. The topological polar surface area (TPSA) is 168 Å². The molecule has 4 N–H and O–H groups in total. The molecule has 13 heteroatoms. The number of nitriles is 1. The number of alkyl halides is 2. The zero-order valence-corrected chi connectivity index (χ0v) is 16.7. The molecule has 0 spiro atoms. The monoisotopic (exact) mass is 455 g/mol. The van der Waals surface area contributed by atoms with Crippen LogP contribution in [0.15, 0.2) is 50.9 Å². The summed E-state index contributed by atoms with van der Waals surface area (Å²) in [6.45, 7) is -1.38. The molecule has 0 saturated carbocycles. The van der Waals surface area contributed by atoms with Gasteiger partial charge in [0.15, 0.2) is 0 Å². The standard InChI is InChI=1S/C20H15F2N7O4/c21-20(22)9-29(8-13(20)17(31)25-11-3-1-10(6-23)2-4-11)15-5-14(27-28-18(15)32)12-7-24-19(33)26-16(12)30/h1-5,7,13H,8-9H2,(H,25,31)(H,28,32)(H2,24,26,30,33)/t13-/m1/s1. The van der Waals surface area contributed by atoms with Gasteiger partial charge in [-0.15, -0.1) is 0 Å².